The molecular formula is C21H16N4O2S. The Balaban J connectivity index is 1.85. The molecule has 0 unspecified atom stereocenters. The van der Waals surface area contributed by atoms with Crippen molar-refractivity contribution in [2.45, 2.75) is 4.90 Å². The summed E-state index contributed by atoms with van der Waals surface area (Å²) < 4.78 is 0. The number of hydrogen-bond donors (Lipinski definition) is 2. The van der Waals surface area contributed by atoms with E-state index >= 15 is 0 Å². The topological polar surface area (TPSA) is 99.2 Å². The molecule has 0 saturated heterocycles. The molecule has 2 amide bonds. The standard InChI is InChI=1S/C21H16N4O2S/c22-14-28-19-12-8-16(9-13-19)24-20(26)21(27)25(17-4-2-1-3-5-17)18-10-6-15(23)7-11-18/h1-13H,23H2,(H,24,26). The van der Waals surface area contributed by atoms with Crippen LogP contribution in [-0.2, 0) is 9.59 Å². The maximum absolute atomic E-state index is 12.9. The zero-order valence-corrected chi connectivity index (χ0v) is 15.5. The van der Waals surface area contributed by atoms with E-state index in [1.165, 1.54) is 4.90 Å². The minimum atomic E-state index is -0.777. The first-order valence-corrected chi connectivity index (χ1v) is 9.12. The molecule has 3 aromatic rings. The molecule has 0 heterocycles. The molecule has 0 spiro atoms. The van der Waals surface area contributed by atoms with Gasteiger partial charge in [0, 0.05) is 27.6 Å². The summed E-state index contributed by atoms with van der Waals surface area (Å²) in [6.45, 7) is 0. The average molecular weight is 388 g/mol. The van der Waals surface area contributed by atoms with Crippen LogP contribution in [-0.4, -0.2) is 11.8 Å². The van der Waals surface area contributed by atoms with Crippen LogP contribution in [0.4, 0.5) is 22.7 Å². The van der Waals surface area contributed by atoms with E-state index in [1.807, 2.05) is 11.5 Å². The van der Waals surface area contributed by atoms with Crippen molar-refractivity contribution in [2.75, 3.05) is 16.0 Å². The van der Waals surface area contributed by atoms with Crippen molar-refractivity contribution in [3.8, 4) is 5.40 Å². The summed E-state index contributed by atoms with van der Waals surface area (Å²) in [5.74, 6) is -1.51. The number of nitrogens with two attached hydrogens (primary N) is 1. The third kappa shape index (κ3) is 4.50. The van der Waals surface area contributed by atoms with Gasteiger partial charge in [0.05, 0.1) is 0 Å². The normalized spacial score (nSPS) is 9.96. The van der Waals surface area contributed by atoms with Gasteiger partial charge in [-0.1, -0.05) is 18.2 Å². The smallest absolute Gasteiger partial charge is 0.321 e. The van der Waals surface area contributed by atoms with Gasteiger partial charge in [0.25, 0.3) is 0 Å². The van der Waals surface area contributed by atoms with E-state index in [9.17, 15) is 9.59 Å². The van der Waals surface area contributed by atoms with Crippen LogP contribution in [0.5, 0.6) is 0 Å². The number of thioether (sulfide) groups is 1. The molecule has 0 aromatic heterocycles. The molecule has 0 radical (unpaired) electrons. The van der Waals surface area contributed by atoms with Crippen LogP contribution in [0, 0.1) is 10.7 Å². The number of thiocyanates is 1. The lowest BCUT2D eigenvalue weighted by Gasteiger charge is -2.22. The van der Waals surface area contributed by atoms with Gasteiger partial charge in [-0.2, -0.15) is 5.26 Å². The number of para-hydroxylation sites is 1. The Morgan fingerprint density at radius 2 is 1.50 bits per heavy atom. The Morgan fingerprint density at radius 3 is 2.11 bits per heavy atom. The molecule has 28 heavy (non-hydrogen) atoms. The van der Waals surface area contributed by atoms with Gasteiger partial charge in [0.15, 0.2) is 0 Å². The Kier molecular flexibility index (Phi) is 5.94. The van der Waals surface area contributed by atoms with Gasteiger partial charge in [-0.05, 0) is 72.4 Å². The number of amides is 2. The largest absolute Gasteiger partial charge is 0.399 e. The summed E-state index contributed by atoms with van der Waals surface area (Å²) in [6.07, 6.45) is 0. The highest BCUT2D eigenvalue weighted by Gasteiger charge is 2.25. The van der Waals surface area contributed by atoms with Gasteiger partial charge in [0.1, 0.15) is 5.40 Å². The molecule has 0 aliphatic carbocycles. The number of carbonyl (C=O) groups excluding carboxylic acids is 2. The zero-order chi connectivity index (χ0) is 19.9. The predicted molar refractivity (Wildman–Crippen MR) is 111 cm³/mol. The van der Waals surface area contributed by atoms with Crippen molar-refractivity contribution < 1.29 is 9.59 Å². The lowest BCUT2D eigenvalue weighted by Crippen LogP contribution is -2.36. The maximum Gasteiger partial charge on any atom is 0.321 e. The number of rotatable bonds is 4. The fourth-order valence-electron chi connectivity index (χ4n) is 2.53. The minimum Gasteiger partial charge on any atom is -0.399 e. The molecule has 6 nitrogen and oxygen atoms in total. The second kappa shape index (κ2) is 8.75. The molecule has 0 fully saturated rings. The molecule has 3 aromatic carbocycles. The third-order valence-corrected chi connectivity index (χ3v) is 4.44. The number of nitrogens with zero attached hydrogens (tertiary/aromatic N) is 2. The first-order valence-electron chi connectivity index (χ1n) is 8.30. The van der Waals surface area contributed by atoms with Crippen molar-refractivity contribution in [2.24, 2.45) is 0 Å². The van der Waals surface area contributed by atoms with Gasteiger partial charge >= 0.3 is 11.8 Å². The first kappa shape index (κ1) is 19.0. The molecule has 3 rings (SSSR count). The van der Waals surface area contributed by atoms with E-state index in [0.29, 0.717) is 22.7 Å². The number of benzene rings is 3. The number of nitriles is 1. The quantitative estimate of drug-likeness (QED) is 0.303. The Labute approximate surface area is 166 Å². The summed E-state index contributed by atoms with van der Waals surface area (Å²) >= 11 is 1.02. The van der Waals surface area contributed by atoms with Crippen molar-refractivity contribution in [1.29, 1.82) is 5.26 Å². The van der Waals surface area contributed by atoms with Crippen molar-refractivity contribution in [3.05, 3.63) is 78.9 Å². The number of nitrogens with one attached hydrogen (secondary N) is 1. The number of nitrogen functional groups attached to an aromatic ring is 1. The van der Waals surface area contributed by atoms with Crippen LogP contribution in [0.25, 0.3) is 0 Å². The summed E-state index contributed by atoms with van der Waals surface area (Å²) in [5.41, 5.74) is 7.85. The van der Waals surface area contributed by atoms with E-state index < -0.39 is 11.8 Å². The Hall–Kier alpha value is -3.76. The highest BCUT2D eigenvalue weighted by Crippen LogP contribution is 2.27. The molecule has 0 aliphatic heterocycles. The highest BCUT2D eigenvalue weighted by molar-refractivity contribution is 8.03. The van der Waals surface area contributed by atoms with Gasteiger partial charge in [-0.3, -0.25) is 14.5 Å². The van der Waals surface area contributed by atoms with E-state index in [0.717, 1.165) is 16.7 Å². The van der Waals surface area contributed by atoms with Crippen molar-refractivity contribution in [3.63, 3.8) is 0 Å². The van der Waals surface area contributed by atoms with E-state index in [-0.39, 0.29) is 0 Å². The highest BCUT2D eigenvalue weighted by atomic mass is 32.2. The molecule has 0 atom stereocenters. The summed E-state index contributed by atoms with van der Waals surface area (Å²) in [6, 6.07) is 22.3. The van der Waals surface area contributed by atoms with Crippen LogP contribution in [0.3, 0.4) is 0 Å². The lowest BCUT2D eigenvalue weighted by atomic mass is 10.2. The van der Waals surface area contributed by atoms with Crippen LogP contribution in [0.15, 0.2) is 83.8 Å². The third-order valence-electron chi connectivity index (χ3n) is 3.84. The average Bonchev–Trinajstić information content (AvgIpc) is 2.72. The molecule has 7 heteroatoms. The Bertz CT molecular complexity index is 1010. The molecule has 0 aliphatic rings. The molecular weight excluding hydrogens is 372 g/mol. The molecule has 0 saturated carbocycles. The maximum atomic E-state index is 12.9. The van der Waals surface area contributed by atoms with E-state index in [4.69, 9.17) is 11.0 Å². The molecule has 138 valence electrons. The van der Waals surface area contributed by atoms with Gasteiger partial charge in [-0.25, -0.2) is 0 Å². The lowest BCUT2D eigenvalue weighted by molar-refractivity contribution is -0.134. The predicted octanol–water partition coefficient (Wildman–Crippen LogP) is 4.15. The summed E-state index contributed by atoms with van der Waals surface area (Å²) in [7, 11) is 0. The summed E-state index contributed by atoms with van der Waals surface area (Å²) in [5, 5.41) is 13.3. The van der Waals surface area contributed by atoms with Crippen LogP contribution >= 0.6 is 11.8 Å². The second-order valence-corrected chi connectivity index (χ2v) is 6.60. The first-order chi connectivity index (χ1) is 13.6. The van der Waals surface area contributed by atoms with Crippen LogP contribution in [0.2, 0.25) is 0 Å². The number of hydrogen-bond acceptors (Lipinski definition) is 5. The molecule has 0 bridgehead atoms. The fraction of sp³-hybridized carbons (Fsp3) is 0. The van der Waals surface area contributed by atoms with E-state index in [1.54, 1.807) is 72.8 Å². The molecule has 3 N–H and O–H groups in total. The SMILES string of the molecule is N#CSc1ccc(NC(=O)C(=O)N(c2ccccc2)c2ccc(N)cc2)cc1. The van der Waals surface area contributed by atoms with Crippen molar-refractivity contribution >= 4 is 46.3 Å². The fourth-order valence-corrected chi connectivity index (χ4v) is 2.91. The minimum absolute atomic E-state index is 0.464. The summed E-state index contributed by atoms with van der Waals surface area (Å²) in [4.78, 5) is 27.6. The second-order valence-electron chi connectivity index (χ2n) is 5.74. The van der Waals surface area contributed by atoms with E-state index in [2.05, 4.69) is 5.32 Å². The number of carbonyl (C=O) groups is 2. The van der Waals surface area contributed by atoms with Gasteiger partial charge in [0.2, 0.25) is 0 Å². The van der Waals surface area contributed by atoms with Crippen LogP contribution in [0.1, 0.15) is 0 Å². The van der Waals surface area contributed by atoms with Crippen LogP contribution < -0.4 is 16.0 Å². The number of anilines is 4. The van der Waals surface area contributed by atoms with Gasteiger partial charge < -0.3 is 11.1 Å². The Morgan fingerprint density at radius 1 is 0.893 bits per heavy atom. The van der Waals surface area contributed by atoms with Gasteiger partial charge in [-0.15, -0.1) is 0 Å². The monoisotopic (exact) mass is 388 g/mol. The zero-order valence-electron chi connectivity index (χ0n) is 14.7. The van der Waals surface area contributed by atoms with Crippen molar-refractivity contribution in [1.82, 2.24) is 0 Å².